The molecule has 1 radical (unpaired) electrons. The minimum absolute atomic E-state index is 0.314. The largest absolute Gasteiger partial charge is 0.508 e. The van der Waals surface area contributed by atoms with Gasteiger partial charge in [0.25, 0.3) is 0 Å². The molecule has 0 heterocycles. The lowest BCUT2D eigenvalue weighted by Gasteiger charge is -2.14. The summed E-state index contributed by atoms with van der Waals surface area (Å²) in [6, 6.07) is 9.91. The second-order valence-electron chi connectivity index (χ2n) is 5.90. The first kappa shape index (κ1) is 15.4. The maximum atomic E-state index is 9.93. The molecule has 2 nitrogen and oxygen atoms in total. The van der Waals surface area contributed by atoms with Crippen LogP contribution in [-0.4, -0.2) is 5.11 Å². The van der Waals surface area contributed by atoms with E-state index in [2.05, 4.69) is 40.9 Å². The van der Waals surface area contributed by atoms with E-state index in [1.807, 2.05) is 18.2 Å². The topological polar surface area (TPSA) is 29.5 Å². The van der Waals surface area contributed by atoms with E-state index in [1.54, 1.807) is 6.07 Å². The van der Waals surface area contributed by atoms with Crippen LogP contribution >= 0.6 is 0 Å². The van der Waals surface area contributed by atoms with Crippen molar-refractivity contribution < 1.29 is 9.84 Å². The SMILES string of the molecule is [CH2]Oc1cc(C)c(Cc2ccc(O)c(C(C)C)c2)c(C)c1. The van der Waals surface area contributed by atoms with E-state index in [1.165, 1.54) is 22.3 Å². The molecule has 0 aliphatic carbocycles. The zero-order valence-electron chi connectivity index (χ0n) is 13.2. The Bertz CT molecular complexity index is 619. The molecule has 0 aliphatic rings. The van der Waals surface area contributed by atoms with Gasteiger partial charge in [0.15, 0.2) is 0 Å². The van der Waals surface area contributed by atoms with Crippen molar-refractivity contribution in [3.05, 3.63) is 65.3 Å². The summed E-state index contributed by atoms with van der Waals surface area (Å²) in [4.78, 5) is 0. The molecule has 0 aromatic heterocycles. The van der Waals surface area contributed by atoms with Crippen molar-refractivity contribution in [2.75, 3.05) is 0 Å². The summed E-state index contributed by atoms with van der Waals surface area (Å²) in [7, 11) is 3.46. The highest BCUT2D eigenvalue weighted by molar-refractivity contribution is 5.45. The number of aryl methyl sites for hydroxylation is 2. The van der Waals surface area contributed by atoms with E-state index >= 15 is 0 Å². The predicted molar refractivity (Wildman–Crippen MR) is 86.9 cm³/mol. The highest BCUT2D eigenvalue weighted by atomic mass is 16.5. The molecule has 0 spiro atoms. The summed E-state index contributed by atoms with van der Waals surface area (Å²) >= 11 is 0. The third-order valence-corrected chi connectivity index (χ3v) is 3.93. The summed E-state index contributed by atoms with van der Waals surface area (Å²) < 4.78 is 5.06. The molecule has 2 heteroatoms. The Hall–Kier alpha value is -1.96. The highest BCUT2D eigenvalue weighted by Gasteiger charge is 2.10. The van der Waals surface area contributed by atoms with Crippen LogP contribution in [0.2, 0.25) is 0 Å². The Balaban J connectivity index is 2.37. The molecule has 0 amide bonds. The van der Waals surface area contributed by atoms with Crippen LogP contribution in [0.3, 0.4) is 0 Å². The van der Waals surface area contributed by atoms with Gasteiger partial charge in [-0.1, -0.05) is 26.0 Å². The van der Waals surface area contributed by atoms with Gasteiger partial charge in [0.1, 0.15) is 18.6 Å². The second kappa shape index (κ2) is 6.21. The third-order valence-electron chi connectivity index (χ3n) is 3.93. The van der Waals surface area contributed by atoms with Crippen molar-refractivity contribution >= 4 is 0 Å². The van der Waals surface area contributed by atoms with E-state index < -0.39 is 0 Å². The standard InChI is InChI=1S/C19H23O2/c1-12(2)17-10-15(6-7-19(17)20)11-18-13(3)8-16(21-5)9-14(18)4/h6-10,12,20H,5,11H2,1-4H3. The average molecular weight is 283 g/mol. The summed E-state index contributed by atoms with van der Waals surface area (Å²) in [5, 5.41) is 9.93. The van der Waals surface area contributed by atoms with Gasteiger partial charge < -0.3 is 9.84 Å². The number of phenols is 1. The number of benzene rings is 2. The average Bonchev–Trinajstić information content (AvgIpc) is 2.43. The van der Waals surface area contributed by atoms with Gasteiger partial charge in [-0.05, 0) is 72.2 Å². The molecule has 2 rings (SSSR count). The van der Waals surface area contributed by atoms with Crippen LogP contribution in [0, 0.1) is 21.0 Å². The molecule has 0 saturated carbocycles. The molecule has 0 atom stereocenters. The molecular formula is C19H23O2. The first-order valence-electron chi connectivity index (χ1n) is 7.26. The Morgan fingerprint density at radius 1 is 1.10 bits per heavy atom. The summed E-state index contributed by atoms with van der Waals surface area (Å²) in [6.45, 7) is 8.37. The van der Waals surface area contributed by atoms with Gasteiger partial charge in [-0.2, -0.15) is 0 Å². The number of ether oxygens (including phenoxy) is 1. The van der Waals surface area contributed by atoms with E-state index in [4.69, 9.17) is 4.74 Å². The van der Waals surface area contributed by atoms with Gasteiger partial charge in [-0.3, -0.25) is 0 Å². The van der Waals surface area contributed by atoms with Crippen LogP contribution in [0.1, 0.15) is 47.6 Å². The van der Waals surface area contributed by atoms with Crippen LogP contribution in [0.25, 0.3) is 0 Å². The Labute approximate surface area is 127 Å². The molecule has 0 fully saturated rings. The zero-order valence-corrected chi connectivity index (χ0v) is 13.2. The Kier molecular flexibility index (Phi) is 4.56. The maximum Gasteiger partial charge on any atom is 0.122 e. The van der Waals surface area contributed by atoms with Crippen LogP contribution in [0.15, 0.2) is 30.3 Å². The summed E-state index contributed by atoms with van der Waals surface area (Å²) in [6.07, 6.45) is 0.856. The molecular weight excluding hydrogens is 260 g/mol. The van der Waals surface area contributed by atoms with Gasteiger partial charge in [0.2, 0.25) is 0 Å². The second-order valence-corrected chi connectivity index (χ2v) is 5.90. The quantitative estimate of drug-likeness (QED) is 0.865. The van der Waals surface area contributed by atoms with Crippen LogP contribution in [-0.2, 0) is 6.42 Å². The van der Waals surface area contributed by atoms with Crippen molar-refractivity contribution in [3.63, 3.8) is 0 Å². The van der Waals surface area contributed by atoms with Gasteiger partial charge in [0.05, 0.1) is 0 Å². The van der Waals surface area contributed by atoms with Gasteiger partial charge in [-0.15, -0.1) is 0 Å². The first-order chi connectivity index (χ1) is 9.92. The normalized spacial score (nSPS) is 11.0. The molecule has 111 valence electrons. The van der Waals surface area contributed by atoms with Gasteiger partial charge in [-0.25, -0.2) is 0 Å². The molecule has 2 aromatic carbocycles. The lowest BCUT2D eigenvalue weighted by Crippen LogP contribution is -1.98. The predicted octanol–water partition coefficient (Wildman–Crippen LogP) is 4.89. The highest BCUT2D eigenvalue weighted by Crippen LogP contribution is 2.29. The molecule has 0 bridgehead atoms. The number of phenolic OH excluding ortho intramolecular Hbond substituents is 1. The molecule has 0 saturated heterocycles. The van der Waals surface area contributed by atoms with Crippen LogP contribution < -0.4 is 4.74 Å². The van der Waals surface area contributed by atoms with Crippen molar-refractivity contribution in [2.45, 2.75) is 40.0 Å². The number of aromatic hydroxyl groups is 1. The van der Waals surface area contributed by atoms with Crippen LogP contribution in [0.4, 0.5) is 0 Å². The lowest BCUT2D eigenvalue weighted by atomic mass is 9.93. The van der Waals surface area contributed by atoms with Crippen LogP contribution in [0.5, 0.6) is 11.5 Å². The first-order valence-corrected chi connectivity index (χ1v) is 7.26. The summed E-state index contributed by atoms with van der Waals surface area (Å²) in [5.74, 6) is 1.49. The lowest BCUT2D eigenvalue weighted by molar-refractivity contribution is 0.464. The molecule has 21 heavy (non-hydrogen) atoms. The fraction of sp³-hybridized carbons (Fsp3) is 0.316. The van der Waals surface area contributed by atoms with E-state index in [0.29, 0.717) is 11.7 Å². The van der Waals surface area contributed by atoms with E-state index in [9.17, 15) is 5.11 Å². The monoisotopic (exact) mass is 283 g/mol. The number of hydrogen-bond donors (Lipinski definition) is 1. The van der Waals surface area contributed by atoms with Gasteiger partial charge in [0, 0.05) is 0 Å². The fourth-order valence-corrected chi connectivity index (χ4v) is 2.70. The summed E-state index contributed by atoms with van der Waals surface area (Å²) in [5.41, 5.74) is 5.92. The van der Waals surface area contributed by atoms with E-state index in [-0.39, 0.29) is 0 Å². The van der Waals surface area contributed by atoms with Crippen molar-refractivity contribution in [3.8, 4) is 11.5 Å². The Morgan fingerprint density at radius 3 is 2.24 bits per heavy atom. The van der Waals surface area contributed by atoms with Crippen molar-refractivity contribution in [2.24, 2.45) is 0 Å². The van der Waals surface area contributed by atoms with Crippen molar-refractivity contribution in [1.82, 2.24) is 0 Å². The minimum Gasteiger partial charge on any atom is -0.508 e. The third kappa shape index (κ3) is 3.38. The minimum atomic E-state index is 0.314. The van der Waals surface area contributed by atoms with E-state index in [0.717, 1.165) is 17.7 Å². The Morgan fingerprint density at radius 2 is 1.71 bits per heavy atom. The van der Waals surface area contributed by atoms with Crippen molar-refractivity contribution in [1.29, 1.82) is 0 Å². The zero-order chi connectivity index (χ0) is 15.6. The molecule has 0 aliphatic heterocycles. The number of rotatable bonds is 4. The fourth-order valence-electron chi connectivity index (χ4n) is 2.70. The molecule has 0 unspecified atom stereocenters. The van der Waals surface area contributed by atoms with Gasteiger partial charge >= 0.3 is 0 Å². The molecule has 1 N–H and O–H groups in total. The number of hydrogen-bond acceptors (Lipinski definition) is 2. The maximum absolute atomic E-state index is 9.93. The molecule has 2 aromatic rings. The smallest absolute Gasteiger partial charge is 0.122 e.